The zero-order valence-corrected chi connectivity index (χ0v) is 9.70. The number of hydrogen-bond donors (Lipinski definition) is 0. The Morgan fingerprint density at radius 3 is 2.53 bits per heavy atom. The molecule has 0 radical (unpaired) electrons. The van der Waals surface area contributed by atoms with Crippen LogP contribution >= 0.6 is 0 Å². The van der Waals surface area contributed by atoms with Gasteiger partial charge in [0.1, 0.15) is 5.82 Å². The summed E-state index contributed by atoms with van der Waals surface area (Å²) in [6.45, 7) is 2.47. The highest BCUT2D eigenvalue weighted by atomic mass is 19.1. The van der Waals surface area contributed by atoms with Crippen molar-refractivity contribution in [2.75, 3.05) is 6.54 Å². The van der Waals surface area contributed by atoms with E-state index in [1.54, 1.807) is 0 Å². The molecule has 2 rings (SSSR count). The van der Waals surface area contributed by atoms with E-state index in [4.69, 9.17) is 0 Å². The second kappa shape index (κ2) is 4.65. The molecule has 2 amide bonds. The Balaban J connectivity index is 2.20. The zero-order chi connectivity index (χ0) is 12.4. The van der Waals surface area contributed by atoms with Crippen LogP contribution in [0, 0.1) is 5.82 Å². The number of carbonyl (C=O) groups excluding carboxylic acids is 2. The first-order valence-corrected chi connectivity index (χ1v) is 5.81. The largest absolute Gasteiger partial charge is 0.274 e. The Kier molecular flexibility index (Phi) is 3.22. The first kappa shape index (κ1) is 11.8. The quantitative estimate of drug-likeness (QED) is 0.594. The number of imide groups is 1. The third kappa shape index (κ3) is 2.07. The van der Waals surface area contributed by atoms with Crippen molar-refractivity contribution in [1.82, 2.24) is 4.90 Å². The molecule has 3 nitrogen and oxygen atoms in total. The van der Waals surface area contributed by atoms with Crippen LogP contribution in [0.3, 0.4) is 0 Å². The lowest BCUT2D eigenvalue weighted by atomic mass is 10.1. The predicted octanol–water partition coefficient (Wildman–Crippen LogP) is 2.61. The number of rotatable bonds is 4. The third-order valence-electron chi connectivity index (χ3n) is 2.92. The topological polar surface area (TPSA) is 37.4 Å². The minimum atomic E-state index is -0.486. The molecule has 0 saturated heterocycles. The normalized spacial score (nSPS) is 14.4. The van der Waals surface area contributed by atoms with Crippen molar-refractivity contribution in [3.8, 4) is 0 Å². The van der Waals surface area contributed by atoms with E-state index < -0.39 is 5.82 Å². The van der Waals surface area contributed by atoms with Crippen LogP contribution in [0.5, 0.6) is 0 Å². The van der Waals surface area contributed by atoms with Crippen LogP contribution in [0.2, 0.25) is 0 Å². The standard InChI is InChI=1S/C13H14FNO2/c1-2-3-4-7-15-12(16)10-6-5-9(14)8-11(10)13(15)17/h5-6,8H,2-4,7H2,1H3. The maximum Gasteiger partial charge on any atom is 0.261 e. The number of halogens is 1. The first-order valence-electron chi connectivity index (χ1n) is 5.81. The zero-order valence-electron chi connectivity index (χ0n) is 9.70. The molecule has 0 aliphatic carbocycles. The van der Waals surface area contributed by atoms with E-state index in [2.05, 4.69) is 6.92 Å². The highest BCUT2D eigenvalue weighted by Crippen LogP contribution is 2.23. The van der Waals surface area contributed by atoms with Crippen LogP contribution in [-0.2, 0) is 0 Å². The Bertz CT molecular complexity index is 470. The fraction of sp³-hybridized carbons (Fsp3) is 0.385. The molecular formula is C13H14FNO2. The van der Waals surface area contributed by atoms with E-state index in [0.29, 0.717) is 12.1 Å². The van der Waals surface area contributed by atoms with Crippen LogP contribution in [0.15, 0.2) is 18.2 Å². The van der Waals surface area contributed by atoms with Crippen LogP contribution in [0.4, 0.5) is 4.39 Å². The summed E-state index contributed by atoms with van der Waals surface area (Å²) >= 11 is 0. The van der Waals surface area contributed by atoms with Crippen molar-refractivity contribution < 1.29 is 14.0 Å². The molecule has 90 valence electrons. The fourth-order valence-electron chi connectivity index (χ4n) is 1.99. The van der Waals surface area contributed by atoms with Crippen LogP contribution in [0.25, 0.3) is 0 Å². The molecule has 0 unspecified atom stereocenters. The van der Waals surface area contributed by atoms with Gasteiger partial charge in [0.05, 0.1) is 11.1 Å². The van der Waals surface area contributed by atoms with Gasteiger partial charge in [-0.2, -0.15) is 0 Å². The number of carbonyl (C=O) groups is 2. The molecule has 1 aliphatic rings. The Labute approximate surface area is 99.2 Å². The van der Waals surface area contributed by atoms with E-state index in [1.165, 1.54) is 17.0 Å². The van der Waals surface area contributed by atoms with Gasteiger partial charge < -0.3 is 0 Å². The number of unbranched alkanes of at least 4 members (excludes halogenated alkanes) is 2. The number of fused-ring (bicyclic) bond motifs is 1. The van der Waals surface area contributed by atoms with E-state index in [1.807, 2.05) is 0 Å². The summed E-state index contributed by atoms with van der Waals surface area (Å²) in [7, 11) is 0. The van der Waals surface area contributed by atoms with Crippen LogP contribution in [0.1, 0.15) is 46.9 Å². The van der Waals surface area contributed by atoms with Crippen molar-refractivity contribution in [3.63, 3.8) is 0 Å². The Morgan fingerprint density at radius 2 is 1.82 bits per heavy atom. The lowest BCUT2D eigenvalue weighted by Gasteiger charge is -2.12. The summed E-state index contributed by atoms with van der Waals surface area (Å²) < 4.78 is 13.0. The van der Waals surface area contributed by atoms with Crippen molar-refractivity contribution in [1.29, 1.82) is 0 Å². The first-order chi connectivity index (χ1) is 8.15. The molecule has 0 aromatic heterocycles. The summed E-state index contributed by atoms with van der Waals surface area (Å²) in [4.78, 5) is 25.0. The third-order valence-corrected chi connectivity index (χ3v) is 2.92. The van der Waals surface area contributed by atoms with Gasteiger partial charge in [-0.15, -0.1) is 0 Å². The van der Waals surface area contributed by atoms with Crippen molar-refractivity contribution in [2.45, 2.75) is 26.2 Å². The maximum atomic E-state index is 13.0. The predicted molar refractivity (Wildman–Crippen MR) is 61.3 cm³/mol. The van der Waals surface area contributed by atoms with Gasteiger partial charge in [0.15, 0.2) is 0 Å². The molecule has 0 atom stereocenters. The molecule has 4 heteroatoms. The monoisotopic (exact) mass is 235 g/mol. The minimum Gasteiger partial charge on any atom is -0.274 e. The molecule has 1 aromatic carbocycles. The van der Waals surface area contributed by atoms with E-state index in [0.717, 1.165) is 25.3 Å². The second-order valence-corrected chi connectivity index (χ2v) is 4.16. The van der Waals surface area contributed by atoms with Gasteiger partial charge in [-0.25, -0.2) is 4.39 Å². The maximum absolute atomic E-state index is 13.0. The van der Waals surface area contributed by atoms with Gasteiger partial charge in [-0.05, 0) is 24.6 Å². The van der Waals surface area contributed by atoms with E-state index in [9.17, 15) is 14.0 Å². The average Bonchev–Trinajstić information content (AvgIpc) is 2.54. The molecule has 17 heavy (non-hydrogen) atoms. The van der Waals surface area contributed by atoms with Crippen LogP contribution < -0.4 is 0 Å². The average molecular weight is 235 g/mol. The van der Waals surface area contributed by atoms with Crippen LogP contribution in [-0.4, -0.2) is 23.3 Å². The molecule has 1 aromatic rings. The molecule has 1 heterocycles. The minimum absolute atomic E-state index is 0.187. The van der Waals surface area contributed by atoms with Gasteiger partial charge in [0, 0.05) is 6.54 Å². The smallest absolute Gasteiger partial charge is 0.261 e. The summed E-state index contributed by atoms with van der Waals surface area (Å²) in [5.74, 6) is -1.16. The molecule has 0 N–H and O–H groups in total. The van der Waals surface area contributed by atoms with Gasteiger partial charge in [0.25, 0.3) is 11.8 Å². The highest BCUT2D eigenvalue weighted by Gasteiger charge is 2.35. The lowest BCUT2D eigenvalue weighted by molar-refractivity contribution is 0.0651. The molecule has 0 fully saturated rings. The number of hydrogen-bond acceptors (Lipinski definition) is 2. The molecule has 1 aliphatic heterocycles. The number of nitrogens with zero attached hydrogens (tertiary/aromatic N) is 1. The molecular weight excluding hydrogens is 221 g/mol. The molecule has 0 spiro atoms. The SMILES string of the molecule is CCCCCN1C(=O)c2ccc(F)cc2C1=O. The van der Waals surface area contributed by atoms with Gasteiger partial charge in [-0.3, -0.25) is 14.5 Å². The highest BCUT2D eigenvalue weighted by molar-refractivity contribution is 6.21. The number of benzene rings is 1. The van der Waals surface area contributed by atoms with Gasteiger partial charge in [0.2, 0.25) is 0 Å². The summed E-state index contributed by atoms with van der Waals surface area (Å²) in [6.07, 6.45) is 2.80. The number of amides is 2. The van der Waals surface area contributed by atoms with E-state index >= 15 is 0 Å². The van der Waals surface area contributed by atoms with Gasteiger partial charge in [-0.1, -0.05) is 19.8 Å². The fourth-order valence-corrected chi connectivity index (χ4v) is 1.99. The Hall–Kier alpha value is -1.71. The lowest BCUT2D eigenvalue weighted by Crippen LogP contribution is -2.30. The molecule has 0 saturated carbocycles. The summed E-state index contributed by atoms with van der Waals surface area (Å²) in [6, 6.07) is 3.72. The molecule has 0 bridgehead atoms. The van der Waals surface area contributed by atoms with Crippen molar-refractivity contribution in [2.24, 2.45) is 0 Å². The summed E-state index contributed by atoms with van der Waals surface area (Å²) in [5, 5.41) is 0. The van der Waals surface area contributed by atoms with Crippen molar-refractivity contribution >= 4 is 11.8 Å². The van der Waals surface area contributed by atoms with Gasteiger partial charge >= 0.3 is 0 Å². The Morgan fingerprint density at radius 1 is 1.12 bits per heavy atom. The second-order valence-electron chi connectivity index (χ2n) is 4.16. The van der Waals surface area contributed by atoms with Crippen molar-refractivity contribution in [3.05, 3.63) is 35.1 Å². The van der Waals surface area contributed by atoms with E-state index in [-0.39, 0.29) is 17.4 Å². The summed E-state index contributed by atoms with van der Waals surface area (Å²) in [5.41, 5.74) is 0.499.